The summed E-state index contributed by atoms with van der Waals surface area (Å²) in [4.78, 5) is 12.2. The minimum Gasteiger partial charge on any atom is -0.497 e. The fraction of sp³-hybridized carbons (Fsp3) is 0.217. The number of methoxy groups -OCH3 is 1. The lowest BCUT2D eigenvalue weighted by Crippen LogP contribution is -2.17. The van der Waals surface area contributed by atoms with Gasteiger partial charge in [0.2, 0.25) is 0 Å². The topological polar surface area (TPSA) is 55.6 Å². The first kappa shape index (κ1) is 19.4. The zero-order valence-electron chi connectivity index (χ0n) is 16.9. The van der Waals surface area contributed by atoms with Crippen LogP contribution in [-0.4, -0.2) is 23.8 Å². The van der Waals surface area contributed by atoms with Crippen LogP contribution < -0.4 is 10.2 Å². The van der Waals surface area contributed by atoms with Gasteiger partial charge in [-0.1, -0.05) is 12.1 Å². The summed E-state index contributed by atoms with van der Waals surface area (Å²) in [6.45, 7) is 8.37. The minimum absolute atomic E-state index is 0.262. The third-order valence-electron chi connectivity index (χ3n) is 5.01. The first-order valence-electron chi connectivity index (χ1n) is 9.15. The highest BCUT2D eigenvalue weighted by molar-refractivity contribution is 5.95. The monoisotopic (exact) mass is 375 g/mol. The first-order chi connectivity index (χ1) is 13.4. The Hall–Kier alpha value is -3.34. The summed E-state index contributed by atoms with van der Waals surface area (Å²) in [5.74, 6) is 0.446. The smallest absolute Gasteiger partial charge is 0.271 e. The molecule has 0 aliphatic heterocycles. The standard InChI is InChI=1S/C23H25N3O2/c1-15-7-6-8-22(17(15)3)26-16(2)13-20(18(26)4)14-24-25-23(27)19-9-11-21(28-5)12-10-19/h6-14H,1-5H3,(H,25,27). The number of rotatable bonds is 5. The van der Waals surface area contributed by atoms with Crippen molar-refractivity contribution in [2.75, 3.05) is 7.11 Å². The van der Waals surface area contributed by atoms with Gasteiger partial charge in [-0.3, -0.25) is 4.79 Å². The van der Waals surface area contributed by atoms with E-state index in [0.717, 1.165) is 22.6 Å². The molecule has 5 heteroatoms. The Morgan fingerprint density at radius 1 is 1.07 bits per heavy atom. The number of aryl methyl sites for hydroxylation is 2. The molecule has 0 atom stereocenters. The summed E-state index contributed by atoms with van der Waals surface area (Å²) in [6, 6.07) is 15.3. The third kappa shape index (κ3) is 3.83. The van der Waals surface area contributed by atoms with E-state index in [1.807, 2.05) is 0 Å². The summed E-state index contributed by atoms with van der Waals surface area (Å²) < 4.78 is 7.32. The fourth-order valence-corrected chi connectivity index (χ4v) is 3.23. The van der Waals surface area contributed by atoms with Crippen molar-refractivity contribution in [1.29, 1.82) is 0 Å². The maximum Gasteiger partial charge on any atom is 0.271 e. The summed E-state index contributed by atoms with van der Waals surface area (Å²) in [6.07, 6.45) is 1.69. The number of amides is 1. The molecule has 0 saturated heterocycles. The summed E-state index contributed by atoms with van der Waals surface area (Å²) in [5.41, 5.74) is 9.94. The van der Waals surface area contributed by atoms with E-state index in [1.165, 1.54) is 11.1 Å². The number of nitrogens with one attached hydrogen (secondary N) is 1. The molecule has 0 saturated carbocycles. The molecule has 1 amide bonds. The zero-order chi connectivity index (χ0) is 20.3. The van der Waals surface area contributed by atoms with E-state index in [0.29, 0.717) is 11.3 Å². The van der Waals surface area contributed by atoms with Gasteiger partial charge in [-0.15, -0.1) is 0 Å². The predicted molar refractivity (Wildman–Crippen MR) is 113 cm³/mol. The first-order valence-corrected chi connectivity index (χ1v) is 9.15. The Morgan fingerprint density at radius 3 is 2.46 bits per heavy atom. The maximum absolute atomic E-state index is 12.2. The van der Waals surface area contributed by atoms with Crippen LogP contribution in [0.2, 0.25) is 0 Å². The lowest BCUT2D eigenvalue weighted by atomic mass is 10.1. The minimum atomic E-state index is -0.262. The molecule has 28 heavy (non-hydrogen) atoms. The van der Waals surface area contributed by atoms with E-state index in [4.69, 9.17) is 4.74 Å². The average molecular weight is 375 g/mol. The molecule has 0 radical (unpaired) electrons. The van der Waals surface area contributed by atoms with Crippen molar-refractivity contribution >= 4 is 12.1 Å². The van der Waals surface area contributed by atoms with Gasteiger partial charge in [0.1, 0.15) is 5.75 Å². The van der Waals surface area contributed by atoms with Gasteiger partial charge < -0.3 is 9.30 Å². The van der Waals surface area contributed by atoms with E-state index in [-0.39, 0.29) is 5.91 Å². The van der Waals surface area contributed by atoms with E-state index in [2.05, 4.69) is 67.1 Å². The molecule has 0 aliphatic rings. The van der Waals surface area contributed by atoms with Gasteiger partial charge in [0, 0.05) is 28.2 Å². The van der Waals surface area contributed by atoms with E-state index in [1.54, 1.807) is 37.6 Å². The van der Waals surface area contributed by atoms with E-state index >= 15 is 0 Å². The largest absolute Gasteiger partial charge is 0.497 e. The van der Waals surface area contributed by atoms with E-state index < -0.39 is 0 Å². The molecule has 0 aliphatic carbocycles. The number of carbonyl (C=O) groups is 1. The van der Waals surface area contributed by atoms with Crippen LogP contribution in [-0.2, 0) is 0 Å². The highest BCUT2D eigenvalue weighted by atomic mass is 16.5. The number of aromatic nitrogens is 1. The van der Waals surface area contributed by atoms with Crippen molar-refractivity contribution in [1.82, 2.24) is 9.99 Å². The van der Waals surface area contributed by atoms with E-state index in [9.17, 15) is 4.79 Å². The molecule has 0 unspecified atom stereocenters. The molecule has 0 bridgehead atoms. The van der Waals surface area contributed by atoms with Crippen LogP contribution in [0.3, 0.4) is 0 Å². The molecule has 1 N–H and O–H groups in total. The van der Waals surface area contributed by atoms with Crippen LogP contribution in [0.25, 0.3) is 5.69 Å². The van der Waals surface area contributed by atoms with Gasteiger partial charge in [0.25, 0.3) is 5.91 Å². The van der Waals surface area contributed by atoms with Crippen molar-refractivity contribution in [3.05, 3.63) is 82.2 Å². The molecule has 0 spiro atoms. The Kier molecular flexibility index (Phi) is 5.64. The number of hydrogen-bond acceptors (Lipinski definition) is 3. The van der Waals surface area contributed by atoms with Crippen molar-refractivity contribution in [3.63, 3.8) is 0 Å². The van der Waals surface area contributed by atoms with Crippen LogP contribution >= 0.6 is 0 Å². The number of carbonyl (C=O) groups excluding carboxylic acids is 1. The molecule has 0 fully saturated rings. The number of hydrazone groups is 1. The molecule has 5 nitrogen and oxygen atoms in total. The van der Waals surface area contributed by atoms with Crippen LogP contribution in [0.4, 0.5) is 0 Å². The Balaban J connectivity index is 1.79. The molecule has 1 aromatic heterocycles. The van der Waals surface area contributed by atoms with Gasteiger partial charge in [0.05, 0.1) is 13.3 Å². The summed E-state index contributed by atoms with van der Waals surface area (Å²) in [7, 11) is 1.59. The van der Waals surface area contributed by atoms with Crippen molar-refractivity contribution < 1.29 is 9.53 Å². The van der Waals surface area contributed by atoms with Crippen molar-refractivity contribution in [2.24, 2.45) is 5.10 Å². The van der Waals surface area contributed by atoms with Gasteiger partial charge in [-0.05, 0) is 75.2 Å². The Labute approximate surface area is 165 Å². The summed E-state index contributed by atoms with van der Waals surface area (Å²) >= 11 is 0. The van der Waals surface area contributed by atoms with Crippen molar-refractivity contribution in [3.8, 4) is 11.4 Å². The Bertz CT molecular complexity index is 1030. The molecule has 3 aromatic rings. The molecule has 3 rings (SSSR count). The SMILES string of the molecule is COc1ccc(C(=O)NN=Cc2cc(C)n(-c3cccc(C)c3C)c2C)cc1. The number of nitrogens with zero attached hydrogens (tertiary/aromatic N) is 2. The van der Waals surface area contributed by atoms with Gasteiger partial charge >= 0.3 is 0 Å². The highest BCUT2D eigenvalue weighted by Crippen LogP contribution is 2.24. The highest BCUT2D eigenvalue weighted by Gasteiger charge is 2.12. The lowest BCUT2D eigenvalue weighted by Gasteiger charge is -2.14. The molecular weight excluding hydrogens is 350 g/mol. The van der Waals surface area contributed by atoms with Crippen LogP contribution in [0.1, 0.15) is 38.4 Å². The average Bonchev–Trinajstić information content (AvgIpc) is 2.97. The second-order valence-corrected chi connectivity index (χ2v) is 6.81. The van der Waals surface area contributed by atoms with Gasteiger partial charge in [0.15, 0.2) is 0 Å². The second kappa shape index (κ2) is 8.13. The molecule has 1 heterocycles. The molecule has 2 aromatic carbocycles. The Morgan fingerprint density at radius 2 is 1.79 bits per heavy atom. The fourth-order valence-electron chi connectivity index (χ4n) is 3.23. The van der Waals surface area contributed by atoms with Crippen molar-refractivity contribution in [2.45, 2.75) is 27.7 Å². The predicted octanol–water partition coefficient (Wildman–Crippen LogP) is 4.48. The maximum atomic E-state index is 12.2. The normalized spacial score (nSPS) is 11.0. The summed E-state index contributed by atoms with van der Waals surface area (Å²) in [5, 5.41) is 4.14. The molecular formula is C23H25N3O2. The van der Waals surface area contributed by atoms with Gasteiger partial charge in [-0.2, -0.15) is 5.10 Å². The number of ether oxygens (including phenoxy) is 1. The molecule has 144 valence electrons. The zero-order valence-corrected chi connectivity index (χ0v) is 16.9. The lowest BCUT2D eigenvalue weighted by molar-refractivity contribution is 0.0955. The number of hydrogen-bond donors (Lipinski definition) is 1. The van der Waals surface area contributed by atoms with Crippen LogP contribution in [0.15, 0.2) is 53.6 Å². The van der Waals surface area contributed by atoms with Gasteiger partial charge in [-0.25, -0.2) is 5.43 Å². The number of benzene rings is 2. The quantitative estimate of drug-likeness (QED) is 0.528. The van der Waals surface area contributed by atoms with Crippen LogP contribution in [0.5, 0.6) is 5.75 Å². The third-order valence-corrected chi connectivity index (χ3v) is 5.01. The second-order valence-electron chi connectivity index (χ2n) is 6.81. The van der Waals surface area contributed by atoms with Crippen LogP contribution in [0, 0.1) is 27.7 Å².